The Balaban J connectivity index is 1.75. The van der Waals surface area contributed by atoms with Gasteiger partial charge in [-0.2, -0.15) is 0 Å². The first-order valence-corrected chi connectivity index (χ1v) is 12.4. The van der Waals surface area contributed by atoms with Gasteiger partial charge in [-0.3, -0.25) is 10.2 Å². The van der Waals surface area contributed by atoms with Gasteiger partial charge >= 0.3 is 0 Å². The fraction of sp³-hybridized carbons (Fsp3) is 0.241. The van der Waals surface area contributed by atoms with Crippen molar-refractivity contribution in [2.24, 2.45) is 9.98 Å². The van der Waals surface area contributed by atoms with E-state index in [1.807, 2.05) is 48.9 Å². The lowest BCUT2D eigenvalue weighted by atomic mass is 9.98. The quantitative estimate of drug-likeness (QED) is 0.370. The maximum Gasteiger partial charge on any atom is 0.242 e. The molecule has 0 bridgehead atoms. The lowest BCUT2D eigenvalue weighted by Crippen LogP contribution is -2.35. The monoisotopic (exact) mass is 521 g/mol. The van der Waals surface area contributed by atoms with Crippen molar-refractivity contribution in [2.45, 2.75) is 33.7 Å². The van der Waals surface area contributed by atoms with Crippen LogP contribution in [0, 0.1) is 24.2 Å². The first-order chi connectivity index (χ1) is 18.7. The first-order valence-electron chi connectivity index (χ1n) is 12.4. The summed E-state index contributed by atoms with van der Waals surface area (Å²) in [7, 11) is 3.50. The number of carbonyl (C=O) groups is 1. The number of imidazole rings is 1. The second-order valence-corrected chi connectivity index (χ2v) is 9.06. The normalized spacial score (nSPS) is 15.0. The van der Waals surface area contributed by atoms with E-state index >= 15 is 0 Å². The lowest BCUT2D eigenvalue weighted by Gasteiger charge is -2.19. The molecule has 1 aromatic carbocycles. The van der Waals surface area contributed by atoms with E-state index in [9.17, 15) is 4.79 Å². The molecule has 0 fully saturated rings. The van der Waals surface area contributed by atoms with Gasteiger partial charge in [0, 0.05) is 35.8 Å². The van der Waals surface area contributed by atoms with Crippen LogP contribution in [-0.2, 0) is 4.79 Å². The molecule has 3 aromatic rings. The molecule has 3 heterocycles. The minimum absolute atomic E-state index is 0.108. The van der Waals surface area contributed by atoms with Crippen LogP contribution in [-0.4, -0.2) is 58.0 Å². The largest absolute Gasteiger partial charge is 0.391 e. The molecular weight excluding hydrogens is 490 g/mol. The summed E-state index contributed by atoms with van der Waals surface area (Å²) in [5.41, 5.74) is 5.73. The Kier molecular flexibility index (Phi) is 8.13. The fourth-order valence-electron chi connectivity index (χ4n) is 3.84. The van der Waals surface area contributed by atoms with Crippen LogP contribution < -0.4 is 16.0 Å². The van der Waals surface area contributed by atoms with E-state index < -0.39 is 6.04 Å². The molecule has 1 aliphatic heterocycles. The average Bonchev–Trinajstić information content (AvgIpc) is 3.36. The molecule has 10 nitrogen and oxygen atoms in total. The summed E-state index contributed by atoms with van der Waals surface area (Å²) in [6, 6.07) is 10.9. The van der Waals surface area contributed by atoms with Gasteiger partial charge < -0.3 is 20.5 Å². The molecule has 198 valence electrons. The van der Waals surface area contributed by atoms with Crippen LogP contribution in [0.5, 0.6) is 0 Å². The summed E-state index contributed by atoms with van der Waals surface area (Å²) < 4.78 is 1.95. The number of anilines is 1. The lowest BCUT2D eigenvalue weighted by molar-refractivity contribution is -0.117. The molecule has 1 amide bonds. The molecule has 0 saturated heterocycles. The number of aliphatic imine (C=N–C) groups is 2. The highest BCUT2D eigenvalue weighted by Gasteiger charge is 2.23. The molecule has 1 atom stereocenters. The van der Waals surface area contributed by atoms with Crippen LogP contribution >= 0.6 is 0 Å². The molecule has 0 aliphatic carbocycles. The molecule has 2 aromatic heterocycles. The number of nitrogens with zero attached hydrogens (tertiary/aromatic N) is 5. The third kappa shape index (κ3) is 6.34. The van der Waals surface area contributed by atoms with Gasteiger partial charge in [0.1, 0.15) is 17.3 Å². The van der Waals surface area contributed by atoms with E-state index in [0.29, 0.717) is 34.2 Å². The fourth-order valence-corrected chi connectivity index (χ4v) is 3.84. The Morgan fingerprint density at radius 3 is 2.46 bits per heavy atom. The number of pyridine rings is 1. The Morgan fingerprint density at radius 1 is 1.08 bits per heavy atom. The van der Waals surface area contributed by atoms with Crippen molar-refractivity contribution in [3.05, 3.63) is 82.7 Å². The minimum atomic E-state index is -0.417. The number of amides is 1. The van der Waals surface area contributed by atoms with Crippen molar-refractivity contribution in [1.82, 2.24) is 25.2 Å². The number of allylic oxidation sites excluding steroid dienone is 1. The van der Waals surface area contributed by atoms with Crippen LogP contribution in [0.3, 0.4) is 0 Å². The van der Waals surface area contributed by atoms with Crippen molar-refractivity contribution in [3.8, 4) is 17.5 Å². The summed E-state index contributed by atoms with van der Waals surface area (Å²) in [5.74, 6) is 6.96. The van der Waals surface area contributed by atoms with Crippen LogP contribution in [0.25, 0.3) is 5.69 Å². The second-order valence-electron chi connectivity index (χ2n) is 9.06. The average molecular weight is 522 g/mol. The van der Waals surface area contributed by atoms with Crippen LogP contribution in [0.1, 0.15) is 43.3 Å². The van der Waals surface area contributed by atoms with Crippen molar-refractivity contribution in [2.75, 3.05) is 19.4 Å². The smallest absolute Gasteiger partial charge is 0.242 e. The molecule has 0 radical (unpaired) electrons. The number of carbonyl (C=O) groups excluding carboxylic acids is 1. The Bertz CT molecular complexity index is 1580. The zero-order valence-corrected chi connectivity index (χ0v) is 22.8. The molecule has 4 rings (SSSR count). The van der Waals surface area contributed by atoms with E-state index in [1.165, 1.54) is 0 Å². The zero-order chi connectivity index (χ0) is 28.1. The number of hydrogen-bond acceptors (Lipinski definition) is 7. The molecule has 1 unspecified atom stereocenters. The van der Waals surface area contributed by atoms with Crippen LogP contribution in [0.2, 0.25) is 0 Å². The number of hydrogen-bond donors (Lipinski definition) is 4. The van der Waals surface area contributed by atoms with Crippen LogP contribution in [0.4, 0.5) is 5.82 Å². The SMILES string of the molecule is CN/C(C)=C1\C(=N)N=C(C)N=C1c1cc(C#Cc2ccc(-n3cnc(C)c3)cc2)nc(NC(=O)C(C)NC)c1. The van der Waals surface area contributed by atoms with Gasteiger partial charge in [0.25, 0.3) is 0 Å². The molecular formula is C29H31N9O. The first kappa shape index (κ1) is 27.2. The number of nitrogens with one attached hydrogen (secondary N) is 4. The number of likely N-dealkylation sites (N-methyl/N-ethyl adjacent to an activating group) is 1. The van der Waals surface area contributed by atoms with Crippen molar-refractivity contribution in [3.63, 3.8) is 0 Å². The second kappa shape index (κ2) is 11.7. The number of amidine groups is 2. The number of benzene rings is 1. The predicted octanol–water partition coefficient (Wildman–Crippen LogP) is 3.21. The summed E-state index contributed by atoms with van der Waals surface area (Å²) in [6.45, 7) is 7.32. The Morgan fingerprint density at radius 2 is 1.82 bits per heavy atom. The molecule has 10 heteroatoms. The number of aryl methyl sites for hydroxylation is 1. The van der Waals surface area contributed by atoms with Gasteiger partial charge in [0.05, 0.1) is 29.3 Å². The highest BCUT2D eigenvalue weighted by molar-refractivity contribution is 6.35. The molecule has 1 aliphatic rings. The molecule has 0 spiro atoms. The van der Waals surface area contributed by atoms with Crippen LogP contribution in [0.15, 0.2) is 70.2 Å². The minimum Gasteiger partial charge on any atom is -0.391 e. The van der Waals surface area contributed by atoms with Gasteiger partial charge in [0.15, 0.2) is 5.84 Å². The van der Waals surface area contributed by atoms with E-state index in [-0.39, 0.29) is 11.7 Å². The summed E-state index contributed by atoms with van der Waals surface area (Å²) in [5, 5.41) is 17.3. The number of rotatable bonds is 6. The highest BCUT2D eigenvalue weighted by atomic mass is 16.2. The topological polar surface area (TPSA) is 132 Å². The summed E-state index contributed by atoms with van der Waals surface area (Å²) >= 11 is 0. The third-order valence-electron chi connectivity index (χ3n) is 6.16. The van der Waals surface area contributed by atoms with Crippen molar-refractivity contribution < 1.29 is 4.79 Å². The Labute approximate surface area is 227 Å². The molecule has 0 saturated carbocycles. The maximum absolute atomic E-state index is 12.6. The van der Waals surface area contributed by atoms with E-state index in [4.69, 9.17) is 5.41 Å². The van der Waals surface area contributed by atoms with Gasteiger partial charge in [-0.15, -0.1) is 0 Å². The summed E-state index contributed by atoms with van der Waals surface area (Å²) in [6.07, 6.45) is 3.73. The standard InChI is InChI=1S/C29H31N9O/c1-17-15-38(16-33-17)24-11-8-21(9-12-24)7-10-23-13-22(14-25(36-23)37-29(39)19(3)32-6)27-26(18(2)31-5)28(30)35-20(4)34-27/h8-9,11-16,19,30-32H,1-6H3,(H,36,37,39)/b26-18-,30-28?. The van der Waals surface area contributed by atoms with Gasteiger partial charge in [-0.1, -0.05) is 5.92 Å². The summed E-state index contributed by atoms with van der Waals surface area (Å²) in [4.78, 5) is 30.4. The molecule has 4 N–H and O–H groups in total. The van der Waals surface area contributed by atoms with Gasteiger partial charge in [-0.05, 0) is 77.1 Å². The van der Waals surface area contributed by atoms with E-state index in [1.54, 1.807) is 46.4 Å². The molecule has 39 heavy (non-hydrogen) atoms. The maximum atomic E-state index is 12.6. The third-order valence-corrected chi connectivity index (χ3v) is 6.16. The predicted molar refractivity (Wildman–Crippen MR) is 155 cm³/mol. The van der Waals surface area contributed by atoms with E-state index in [2.05, 4.69) is 47.7 Å². The number of aromatic nitrogens is 3. The zero-order valence-electron chi connectivity index (χ0n) is 22.8. The van der Waals surface area contributed by atoms with E-state index in [0.717, 1.165) is 22.6 Å². The van der Waals surface area contributed by atoms with Crippen molar-refractivity contribution >= 4 is 29.1 Å². The van der Waals surface area contributed by atoms with Gasteiger partial charge in [-0.25, -0.2) is 20.0 Å². The van der Waals surface area contributed by atoms with Gasteiger partial charge in [0.2, 0.25) is 5.91 Å². The highest BCUT2D eigenvalue weighted by Crippen LogP contribution is 2.22. The Hall–Kier alpha value is -4.88. The van der Waals surface area contributed by atoms with Crippen molar-refractivity contribution in [1.29, 1.82) is 5.41 Å².